The number of likely N-dealkylation sites (tertiary alicyclic amines) is 1. The molecule has 59 heavy (non-hydrogen) atoms. The summed E-state index contributed by atoms with van der Waals surface area (Å²) in [5, 5.41) is 18.0. The van der Waals surface area contributed by atoms with E-state index >= 15 is 0 Å². The zero-order chi connectivity index (χ0) is 41.4. The number of hydrogen-bond acceptors (Lipinski definition) is 13. The molecule has 1 aliphatic carbocycles. The summed E-state index contributed by atoms with van der Waals surface area (Å²) in [7, 11) is 0. The molecule has 4 fully saturated rings. The first kappa shape index (κ1) is 42.6. The largest absolute Gasteiger partial charge is 0.478 e. The first-order valence-electron chi connectivity index (χ1n) is 22.2. The highest BCUT2D eigenvalue weighted by Gasteiger charge is 2.53. The summed E-state index contributed by atoms with van der Waals surface area (Å²) in [5.74, 6) is 4.59. The molecular weight excluding hydrogens is 741 g/mol. The van der Waals surface area contributed by atoms with Gasteiger partial charge in [-0.25, -0.2) is 19.9 Å². The molecule has 5 aliphatic rings. The van der Waals surface area contributed by atoms with Gasteiger partial charge in [0.05, 0.1) is 12.2 Å². The quantitative estimate of drug-likeness (QED) is 0.135. The lowest BCUT2D eigenvalue weighted by Crippen LogP contribution is -2.63. The standard InChI is InChI=1S/C45H68N12O2/c1-6-35(26-46)40-51-37(25-38(52-40)56-16-8-7-9-17-56)47-27-34-11-12-39(48-28-34)59-24-10-15-54-20-22-55(23-21-54)31-33-13-18-57(19-14-33)43-49-29-36(30-50-43)41(58)53-42-44(2,3)32-45(42,4)5/h11-12,25-26,28-30,33,42,46-47,51H,6-10,13-24,27,31-32H2,1-5H3,(H,53,58)/b40-35+,46-26?. The zero-order valence-electron chi connectivity index (χ0n) is 36.2. The molecule has 0 aromatic carbocycles. The van der Waals surface area contributed by atoms with E-state index in [0.29, 0.717) is 30.5 Å². The lowest BCUT2D eigenvalue weighted by Gasteiger charge is -2.57. The Bertz CT molecular complexity index is 1800. The van der Waals surface area contributed by atoms with Crippen LogP contribution in [-0.4, -0.2) is 126 Å². The molecule has 4 aliphatic heterocycles. The van der Waals surface area contributed by atoms with Crippen molar-refractivity contribution in [1.82, 2.24) is 45.6 Å². The first-order chi connectivity index (χ1) is 28.5. The van der Waals surface area contributed by atoms with Gasteiger partial charge in [-0.05, 0) is 73.7 Å². The summed E-state index contributed by atoms with van der Waals surface area (Å²) in [6.07, 6.45) is 17.5. The SMILES string of the molecule is CC/C(C=N)=C1\N=C(N2CCCCC2)C=C(NCc2ccc(OCCCN3CCN(CC4CCN(c5ncc(C(=O)NC6C(C)(C)CC6(C)C)cn5)CC4)CC3)nc2)N1. The maximum absolute atomic E-state index is 13.0. The molecule has 7 rings (SSSR count). The molecule has 0 atom stereocenters. The summed E-state index contributed by atoms with van der Waals surface area (Å²) in [6.45, 7) is 22.7. The molecule has 4 N–H and O–H groups in total. The third kappa shape index (κ3) is 11.0. The minimum Gasteiger partial charge on any atom is -0.478 e. The van der Waals surface area contributed by atoms with Crippen LogP contribution in [0.3, 0.4) is 0 Å². The van der Waals surface area contributed by atoms with Gasteiger partial charge in [-0.1, -0.05) is 40.7 Å². The van der Waals surface area contributed by atoms with Crippen LogP contribution < -0.4 is 25.6 Å². The number of nitrogens with one attached hydrogen (secondary N) is 4. The number of allylic oxidation sites excluding steroid dienone is 1. The van der Waals surface area contributed by atoms with E-state index in [9.17, 15) is 4.79 Å². The molecule has 14 heteroatoms. The van der Waals surface area contributed by atoms with E-state index in [2.05, 4.69) is 97.3 Å². The van der Waals surface area contributed by atoms with Crippen LogP contribution in [0.2, 0.25) is 0 Å². The van der Waals surface area contributed by atoms with Gasteiger partial charge in [-0.3, -0.25) is 4.79 Å². The number of piperazine rings is 1. The van der Waals surface area contributed by atoms with E-state index in [-0.39, 0.29) is 22.8 Å². The van der Waals surface area contributed by atoms with Crippen molar-refractivity contribution in [1.29, 1.82) is 5.41 Å². The number of amides is 1. The summed E-state index contributed by atoms with van der Waals surface area (Å²) in [6, 6.07) is 4.17. The van der Waals surface area contributed by atoms with Crippen LogP contribution in [0, 0.1) is 22.2 Å². The summed E-state index contributed by atoms with van der Waals surface area (Å²) >= 11 is 0. The van der Waals surface area contributed by atoms with Gasteiger partial charge in [0.15, 0.2) is 0 Å². The second kappa shape index (κ2) is 19.2. The molecule has 0 radical (unpaired) electrons. The van der Waals surface area contributed by atoms with Crippen LogP contribution in [0.25, 0.3) is 0 Å². The summed E-state index contributed by atoms with van der Waals surface area (Å²) in [5.41, 5.74) is 2.69. The minimum atomic E-state index is -0.0826. The highest BCUT2D eigenvalue weighted by atomic mass is 16.5. The van der Waals surface area contributed by atoms with Gasteiger partial charge in [0, 0.05) is 121 Å². The Kier molecular flexibility index (Phi) is 13.9. The number of piperidine rings is 2. The molecule has 2 aromatic rings. The van der Waals surface area contributed by atoms with Crippen molar-refractivity contribution in [3.8, 4) is 5.88 Å². The average molecular weight is 809 g/mol. The van der Waals surface area contributed by atoms with Crippen molar-refractivity contribution in [2.45, 2.75) is 98.6 Å². The topological polar surface area (TPSA) is 150 Å². The highest BCUT2D eigenvalue weighted by Crippen LogP contribution is 2.53. The number of nitrogens with zero attached hydrogens (tertiary/aromatic N) is 8. The normalized spacial score (nSPS) is 22.4. The van der Waals surface area contributed by atoms with Crippen molar-refractivity contribution in [3.05, 3.63) is 65.1 Å². The Morgan fingerprint density at radius 2 is 1.63 bits per heavy atom. The molecule has 14 nitrogen and oxygen atoms in total. The second-order valence-corrected chi connectivity index (χ2v) is 18.5. The van der Waals surface area contributed by atoms with Crippen LogP contribution in [0.4, 0.5) is 5.95 Å². The van der Waals surface area contributed by atoms with E-state index in [0.717, 1.165) is 132 Å². The van der Waals surface area contributed by atoms with Crippen LogP contribution in [0.1, 0.15) is 102 Å². The van der Waals surface area contributed by atoms with E-state index in [4.69, 9.17) is 15.1 Å². The Morgan fingerprint density at radius 3 is 2.27 bits per heavy atom. The van der Waals surface area contributed by atoms with Crippen molar-refractivity contribution in [2.24, 2.45) is 21.7 Å². The Labute approximate surface area is 351 Å². The number of amidine groups is 1. The zero-order valence-corrected chi connectivity index (χ0v) is 36.2. The number of hydrogen-bond donors (Lipinski definition) is 4. The maximum atomic E-state index is 13.0. The summed E-state index contributed by atoms with van der Waals surface area (Å²) < 4.78 is 6.03. The number of anilines is 1. The van der Waals surface area contributed by atoms with Crippen LogP contribution in [0.5, 0.6) is 5.88 Å². The van der Waals surface area contributed by atoms with Crippen molar-refractivity contribution >= 4 is 23.9 Å². The van der Waals surface area contributed by atoms with E-state index < -0.39 is 0 Å². The van der Waals surface area contributed by atoms with Gasteiger partial charge < -0.3 is 45.7 Å². The molecule has 1 amide bonds. The van der Waals surface area contributed by atoms with Gasteiger partial charge in [-0.15, -0.1) is 0 Å². The van der Waals surface area contributed by atoms with Crippen molar-refractivity contribution in [3.63, 3.8) is 0 Å². The third-order valence-electron chi connectivity index (χ3n) is 13.0. The predicted octanol–water partition coefficient (Wildman–Crippen LogP) is 5.42. The fraction of sp³-hybridized carbons (Fsp3) is 0.644. The number of carbonyl (C=O) groups excluding carboxylic acids is 1. The molecule has 1 saturated carbocycles. The first-order valence-corrected chi connectivity index (χ1v) is 22.2. The van der Waals surface area contributed by atoms with Gasteiger partial charge in [-0.2, -0.15) is 0 Å². The molecular formula is C45H68N12O2. The fourth-order valence-corrected chi connectivity index (χ4v) is 9.99. The van der Waals surface area contributed by atoms with Gasteiger partial charge in [0.25, 0.3) is 5.91 Å². The van der Waals surface area contributed by atoms with E-state index in [1.807, 2.05) is 12.3 Å². The number of aliphatic imine (C=N–C) groups is 1. The Balaban J connectivity index is 0.762. The number of aromatic nitrogens is 3. The van der Waals surface area contributed by atoms with E-state index in [1.54, 1.807) is 12.4 Å². The lowest BCUT2D eigenvalue weighted by molar-refractivity contribution is -0.0366. The number of rotatable bonds is 15. The number of pyridine rings is 1. The number of carbonyl (C=O) groups is 1. The van der Waals surface area contributed by atoms with Crippen molar-refractivity contribution < 1.29 is 9.53 Å². The predicted molar refractivity (Wildman–Crippen MR) is 235 cm³/mol. The molecule has 6 heterocycles. The summed E-state index contributed by atoms with van der Waals surface area (Å²) in [4.78, 5) is 41.5. The Hall–Kier alpha value is -4.56. The van der Waals surface area contributed by atoms with Crippen LogP contribution in [0.15, 0.2) is 59.0 Å². The van der Waals surface area contributed by atoms with Crippen LogP contribution >= 0.6 is 0 Å². The monoisotopic (exact) mass is 809 g/mol. The lowest BCUT2D eigenvalue weighted by atomic mass is 9.52. The fourth-order valence-electron chi connectivity index (χ4n) is 9.99. The number of ether oxygens (including phenoxy) is 1. The smallest absolute Gasteiger partial charge is 0.254 e. The molecule has 2 aromatic heterocycles. The van der Waals surface area contributed by atoms with Crippen LogP contribution in [-0.2, 0) is 6.54 Å². The molecule has 0 bridgehead atoms. The van der Waals surface area contributed by atoms with E-state index in [1.165, 1.54) is 25.5 Å². The molecule has 320 valence electrons. The minimum absolute atomic E-state index is 0.0826. The van der Waals surface area contributed by atoms with Gasteiger partial charge >= 0.3 is 0 Å². The second-order valence-electron chi connectivity index (χ2n) is 18.5. The maximum Gasteiger partial charge on any atom is 0.254 e. The molecule has 3 saturated heterocycles. The average Bonchev–Trinajstić information content (AvgIpc) is 3.25. The Morgan fingerprint density at radius 1 is 0.915 bits per heavy atom. The third-order valence-corrected chi connectivity index (χ3v) is 13.0. The molecule has 0 unspecified atom stereocenters. The van der Waals surface area contributed by atoms with Gasteiger partial charge in [0.1, 0.15) is 17.5 Å². The van der Waals surface area contributed by atoms with Crippen molar-refractivity contribution in [2.75, 3.05) is 77.0 Å². The molecule has 0 spiro atoms. The highest BCUT2D eigenvalue weighted by molar-refractivity contribution is 5.96. The van der Waals surface area contributed by atoms with Gasteiger partial charge in [0.2, 0.25) is 11.8 Å².